The van der Waals surface area contributed by atoms with Crippen molar-refractivity contribution >= 4 is 32.4 Å². The lowest BCUT2D eigenvalue weighted by atomic mass is 10.5. The molecular weight excluding hydrogens is 303 g/mol. The van der Waals surface area contributed by atoms with Crippen molar-refractivity contribution in [1.82, 2.24) is 9.78 Å². The summed E-state index contributed by atoms with van der Waals surface area (Å²) in [7, 11) is -2.83. The number of halogens is 1. The highest BCUT2D eigenvalue weighted by atomic mass is 127. The maximum atomic E-state index is 10.8. The highest BCUT2D eigenvalue weighted by molar-refractivity contribution is 14.1. The first kappa shape index (κ1) is 11.0. The van der Waals surface area contributed by atoms with E-state index in [-0.39, 0.29) is 5.75 Å². The van der Waals surface area contributed by atoms with E-state index in [0.29, 0.717) is 13.0 Å². The largest absolute Gasteiger partial charge is 0.272 e. The molecule has 1 aromatic rings. The molecule has 13 heavy (non-hydrogen) atoms. The van der Waals surface area contributed by atoms with E-state index in [1.807, 2.05) is 6.20 Å². The molecule has 0 bridgehead atoms. The van der Waals surface area contributed by atoms with E-state index in [1.165, 1.54) is 6.26 Å². The minimum Gasteiger partial charge on any atom is -0.272 e. The highest BCUT2D eigenvalue weighted by Gasteiger charge is 2.02. The van der Waals surface area contributed by atoms with Crippen LogP contribution >= 0.6 is 22.6 Å². The zero-order valence-corrected chi connectivity index (χ0v) is 10.2. The van der Waals surface area contributed by atoms with Gasteiger partial charge in [0.2, 0.25) is 0 Å². The van der Waals surface area contributed by atoms with Crippen LogP contribution in [-0.4, -0.2) is 30.2 Å². The molecule has 0 aliphatic heterocycles. The number of nitrogens with zero attached hydrogens (tertiary/aromatic N) is 2. The van der Waals surface area contributed by atoms with Crippen molar-refractivity contribution < 1.29 is 8.42 Å². The molecule has 0 spiro atoms. The van der Waals surface area contributed by atoms with Crippen molar-refractivity contribution in [3.63, 3.8) is 0 Å². The predicted molar refractivity (Wildman–Crippen MR) is 59.3 cm³/mol. The molecule has 0 atom stereocenters. The Kier molecular flexibility index (Phi) is 3.72. The SMILES string of the molecule is CS(=O)(=O)CCCn1cc(I)cn1. The smallest absolute Gasteiger partial charge is 0.147 e. The van der Waals surface area contributed by atoms with Gasteiger partial charge in [0, 0.05) is 19.0 Å². The van der Waals surface area contributed by atoms with Crippen LogP contribution in [-0.2, 0) is 16.4 Å². The fourth-order valence-electron chi connectivity index (χ4n) is 0.949. The molecule has 0 saturated heterocycles. The molecule has 0 aliphatic carbocycles. The summed E-state index contributed by atoms with van der Waals surface area (Å²) in [5, 5.41) is 4.05. The summed E-state index contributed by atoms with van der Waals surface area (Å²) in [4.78, 5) is 0. The van der Waals surface area contributed by atoms with Gasteiger partial charge < -0.3 is 0 Å². The summed E-state index contributed by atoms with van der Waals surface area (Å²) in [5.74, 6) is 0.226. The number of aryl methyl sites for hydroxylation is 1. The van der Waals surface area contributed by atoms with Gasteiger partial charge in [0.1, 0.15) is 9.84 Å². The van der Waals surface area contributed by atoms with Gasteiger partial charge in [0.15, 0.2) is 0 Å². The van der Waals surface area contributed by atoms with Gasteiger partial charge in [-0.3, -0.25) is 4.68 Å². The molecular formula is C7H11IN2O2S. The Balaban J connectivity index is 2.36. The van der Waals surface area contributed by atoms with Gasteiger partial charge >= 0.3 is 0 Å². The number of hydrogen-bond acceptors (Lipinski definition) is 3. The lowest BCUT2D eigenvalue weighted by Gasteiger charge is -1.99. The minimum atomic E-state index is -2.83. The fourth-order valence-corrected chi connectivity index (χ4v) is 2.05. The monoisotopic (exact) mass is 314 g/mol. The fraction of sp³-hybridized carbons (Fsp3) is 0.571. The summed E-state index contributed by atoms with van der Waals surface area (Å²) < 4.78 is 24.4. The zero-order chi connectivity index (χ0) is 9.90. The lowest BCUT2D eigenvalue weighted by Crippen LogP contribution is -2.07. The van der Waals surface area contributed by atoms with Gasteiger partial charge in [0.05, 0.1) is 15.5 Å². The van der Waals surface area contributed by atoms with Gasteiger partial charge in [-0.1, -0.05) is 0 Å². The van der Waals surface area contributed by atoms with Gasteiger partial charge in [-0.05, 0) is 29.0 Å². The van der Waals surface area contributed by atoms with Crippen LogP contribution in [0.2, 0.25) is 0 Å². The Morgan fingerprint density at radius 2 is 2.31 bits per heavy atom. The van der Waals surface area contributed by atoms with Crippen molar-refractivity contribution in [3.8, 4) is 0 Å². The number of sulfone groups is 1. The third-order valence-electron chi connectivity index (χ3n) is 1.50. The molecule has 4 nitrogen and oxygen atoms in total. The van der Waals surface area contributed by atoms with Gasteiger partial charge in [0.25, 0.3) is 0 Å². The Labute approximate surface area is 91.4 Å². The van der Waals surface area contributed by atoms with E-state index in [1.54, 1.807) is 10.9 Å². The Hall–Kier alpha value is -0.110. The summed E-state index contributed by atoms with van der Waals surface area (Å²) in [6.45, 7) is 0.663. The number of aromatic nitrogens is 2. The Morgan fingerprint density at radius 1 is 1.62 bits per heavy atom. The third kappa shape index (κ3) is 4.61. The van der Waals surface area contributed by atoms with Crippen LogP contribution in [0, 0.1) is 3.57 Å². The summed E-state index contributed by atoms with van der Waals surface area (Å²) >= 11 is 2.17. The van der Waals surface area contributed by atoms with E-state index in [9.17, 15) is 8.42 Å². The molecule has 1 heterocycles. The van der Waals surface area contributed by atoms with E-state index in [0.717, 1.165) is 3.57 Å². The predicted octanol–water partition coefficient (Wildman–Crippen LogP) is 0.922. The van der Waals surface area contributed by atoms with E-state index >= 15 is 0 Å². The van der Waals surface area contributed by atoms with Crippen LogP contribution in [0.3, 0.4) is 0 Å². The van der Waals surface area contributed by atoms with Gasteiger partial charge in [-0.2, -0.15) is 5.10 Å². The second-order valence-electron chi connectivity index (χ2n) is 2.91. The second-order valence-corrected chi connectivity index (χ2v) is 6.41. The first-order valence-corrected chi connectivity index (χ1v) is 6.97. The van der Waals surface area contributed by atoms with Crippen LogP contribution in [0.5, 0.6) is 0 Å². The molecule has 0 saturated carbocycles. The molecule has 74 valence electrons. The third-order valence-corrected chi connectivity index (χ3v) is 3.09. The first-order chi connectivity index (χ1) is 5.97. The summed E-state index contributed by atoms with van der Waals surface area (Å²) in [5.41, 5.74) is 0. The quantitative estimate of drug-likeness (QED) is 0.777. The van der Waals surface area contributed by atoms with Gasteiger partial charge in [-0.15, -0.1) is 0 Å². The minimum absolute atomic E-state index is 0.226. The first-order valence-electron chi connectivity index (χ1n) is 3.83. The van der Waals surface area contributed by atoms with Crippen molar-refractivity contribution in [3.05, 3.63) is 16.0 Å². The highest BCUT2D eigenvalue weighted by Crippen LogP contribution is 2.02. The van der Waals surface area contributed by atoms with Crippen molar-refractivity contribution in [2.45, 2.75) is 13.0 Å². The molecule has 0 radical (unpaired) electrons. The van der Waals surface area contributed by atoms with E-state index in [2.05, 4.69) is 27.7 Å². The Bertz CT molecular complexity index is 372. The molecule has 0 amide bonds. The molecule has 0 N–H and O–H groups in total. The average Bonchev–Trinajstić information content (AvgIpc) is 2.33. The molecule has 0 aliphatic rings. The maximum absolute atomic E-state index is 10.8. The van der Waals surface area contributed by atoms with Crippen LogP contribution in [0.4, 0.5) is 0 Å². The molecule has 1 aromatic heterocycles. The summed E-state index contributed by atoms with van der Waals surface area (Å²) in [6, 6.07) is 0. The van der Waals surface area contributed by atoms with Crippen molar-refractivity contribution in [2.75, 3.05) is 12.0 Å². The average molecular weight is 314 g/mol. The van der Waals surface area contributed by atoms with E-state index < -0.39 is 9.84 Å². The standard InChI is InChI=1S/C7H11IN2O2S/c1-13(11,12)4-2-3-10-6-7(8)5-9-10/h5-6H,2-4H2,1H3. The molecule has 1 rings (SSSR count). The second kappa shape index (κ2) is 4.41. The zero-order valence-electron chi connectivity index (χ0n) is 7.27. The van der Waals surface area contributed by atoms with E-state index in [4.69, 9.17) is 0 Å². The van der Waals surface area contributed by atoms with Crippen LogP contribution in [0.15, 0.2) is 12.4 Å². The molecule has 0 unspecified atom stereocenters. The number of rotatable bonds is 4. The topological polar surface area (TPSA) is 52.0 Å². The van der Waals surface area contributed by atoms with Crippen molar-refractivity contribution in [1.29, 1.82) is 0 Å². The lowest BCUT2D eigenvalue weighted by molar-refractivity contribution is 0.576. The maximum Gasteiger partial charge on any atom is 0.147 e. The molecule has 0 aromatic carbocycles. The summed E-state index contributed by atoms with van der Waals surface area (Å²) in [6.07, 6.45) is 5.51. The van der Waals surface area contributed by atoms with Crippen LogP contribution in [0.1, 0.15) is 6.42 Å². The number of hydrogen-bond donors (Lipinski definition) is 0. The molecule has 6 heteroatoms. The van der Waals surface area contributed by atoms with Crippen LogP contribution in [0.25, 0.3) is 0 Å². The molecule has 0 fully saturated rings. The van der Waals surface area contributed by atoms with Crippen LogP contribution < -0.4 is 0 Å². The van der Waals surface area contributed by atoms with Crippen molar-refractivity contribution in [2.24, 2.45) is 0 Å². The van der Waals surface area contributed by atoms with Gasteiger partial charge in [-0.25, -0.2) is 8.42 Å². The normalized spacial score (nSPS) is 11.8. The Morgan fingerprint density at radius 3 is 2.77 bits per heavy atom.